The molecule has 162 valence electrons. The highest BCUT2D eigenvalue weighted by atomic mass is 16.2. The van der Waals surface area contributed by atoms with Crippen LogP contribution in [0.3, 0.4) is 0 Å². The van der Waals surface area contributed by atoms with E-state index in [2.05, 4.69) is 53.3 Å². The molecule has 5 rings (SSSR count). The Morgan fingerprint density at radius 3 is 2.68 bits per heavy atom. The molecule has 6 nitrogen and oxygen atoms in total. The minimum absolute atomic E-state index is 0.127. The Morgan fingerprint density at radius 2 is 2.03 bits per heavy atom. The number of allylic oxidation sites excluding steroid dienone is 1. The summed E-state index contributed by atoms with van der Waals surface area (Å²) in [5, 5.41) is 8.45. The second kappa shape index (κ2) is 8.33. The monoisotopic (exact) mass is 417 g/mol. The highest BCUT2D eigenvalue weighted by Crippen LogP contribution is 2.34. The molecule has 3 aliphatic rings. The van der Waals surface area contributed by atoms with Crippen molar-refractivity contribution in [3.8, 4) is 0 Å². The van der Waals surface area contributed by atoms with E-state index in [0.717, 1.165) is 66.7 Å². The molecule has 1 saturated carbocycles. The van der Waals surface area contributed by atoms with Crippen LogP contribution in [0.15, 0.2) is 41.4 Å². The summed E-state index contributed by atoms with van der Waals surface area (Å²) in [7, 11) is 0. The van der Waals surface area contributed by atoms with Crippen LogP contribution in [0.5, 0.6) is 0 Å². The van der Waals surface area contributed by atoms with Gasteiger partial charge in [0.2, 0.25) is 5.91 Å². The third kappa shape index (κ3) is 4.29. The van der Waals surface area contributed by atoms with Gasteiger partial charge < -0.3 is 10.2 Å². The summed E-state index contributed by atoms with van der Waals surface area (Å²) in [4.78, 5) is 18.6. The van der Waals surface area contributed by atoms with Gasteiger partial charge in [0.1, 0.15) is 0 Å². The topological polar surface area (TPSA) is 62.5 Å². The molecule has 2 aliphatic heterocycles. The Balaban J connectivity index is 1.36. The van der Waals surface area contributed by atoms with Gasteiger partial charge in [-0.05, 0) is 54.9 Å². The van der Waals surface area contributed by atoms with Gasteiger partial charge in [-0.1, -0.05) is 25.1 Å². The number of fused-ring (bicyclic) bond motifs is 1. The fraction of sp³-hybridized carbons (Fsp3) is 0.480. The van der Waals surface area contributed by atoms with Crippen LogP contribution in [-0.4, -0.2) is 39.4 Å². The van der Waals surface area contributed by atoms with E-state index in [4.69, 9.17) is 10.1 Å². The summed E-state index contributed by atoms with van der Waals surface area (Å²) >= 11 is 0. The first-order valence-corrected chi connectivity index (χ1v) is 11.5. The smallest absolute Gasteiger partial charge is 0.219 e. The minimum Gasteiger partial charge on any atom is -0.338 e. The predicted molar refractivity (Wildman–Crippen MR) is 124 cm³/mol. The second-order valence-corrected chi connectivity index (χ2v) is 9.05. The van der Waals surface area contributed by atoms with E-state index in [1.54, 1.807) is 6.92 Å². The van der Waals surface area contributed by atoms with E-state index >= 15 is 0 Å². The number of carbonyl (C=O) groups is 1. The second-order valence-electron chi connectivity index (χ2n) is 9.05. The summed E-state index contributed by atoms with van der Waals surface area (Å²) in [6.07, 6.45) is 9.03. The van der Waals surface area contributed by atoms with E-state index < -0.39 is 0 Å². The maximum absolute atomic E-state index is 12.0. The number of rotatable bonds is 6. The van der Waals surface area contributed by atoms with E-state index in [-0.39, 0.29) is 5.91 Å². The Kier molecular flexibility index (Phi) is 5.38. The number of anilines is 2. The maximum atomic E-state index is 12.0. The third-order valence-electron chi connectivity index (χ3n) is 6.70. The molecule has 2 aromatic rings. The van der Waals surface area contributed by atoms with Crippen molar-refractivity contribution in [3.05, 3.63) is 53.2 Å². The van der Waals surface area contributed by atoms with Crippen LogP contribution >= 0.6 is 0 Å². The summed E-state index contributed by atoms with van der Waals surface area (Å²) in [6.45, 7) is 7.14. The number of aliphatic imine (C=N–C) groups is 1. The zero-order chi connectivity index (χ0) is 21.4. The Bertz CT molecular complexity index is 1030. The molecule has 0 saturated heterocycles. The van der Waals surface area contributed by atoms with Crippen LogP contribution in [0, 0.1) is 11.8 Å². The molecule has 3 heterocycles. The lowest BCUT2D eigenvalue weighted by Crippen LogP contribution is -2.34. The molecule has 1 aromatic carbocycles. The molecular weight excluding hydrogens is 386 g/mol. The normalized spacial score (nSPS) is 20.4. The van der Waals surface area contributed by atoms with Gasteiger partial charge in [0.15, 0.2) is 5.82 Å². The summed E-state index contributed by atoms with van der Waals surface area (Å²) in [5.74, 6) is 2.34. The fourth-order valence-corrected chi connectivity index (χ4v) is 4.43. The first-order chi connectivity index (χ1) is 15.1. The van der Waals surface area contributed by atoms with Crippen LogP contribution in [0.25, 0.3) is 0 Å². The molecule has 31 heavy (non-hydrogen) atoms. The van der Waals surface area contributed by atoms with Gasteiger partial charge in [-0.25, -0.2) is 0 Å². The van der Waals surface area contributed by atoms with Crippen molar-refractivity contribution in [1.29, 1.82) is 0 Å². The van der Waals surface area contributed by atoms with Crippen molar-refractivity contribution in [2.45, 2.75) is 52.6 Å². The lowest BCUT2D eigenvalue weighted by molar-refractivity contribution is -0.129. The number of dihydropyridines is 1. The Hall–Kier alpha value is -2.89. The van der Waals surface area contributed by atoms with Crippen LogP contribution < -0.4 is 5.32 Å². The molecule has 0 radical (unpaired) electrons. The van der Waals surface area contributed by atoms with Crippen molar-refractivity contribution in [2.75, 3.05) is 18.4 Å². The number of nitrogens with one attached hydrogen (secondary N) is 1. The average molecular weight is 418 g/mol. The van der Waals surface area contributed by atoms with Crippen molar-refractivity contribution < 1.29 is 4.79 Å². The van der Waals surface area contributed by atoms with Gasteiger partial charge in [-0.2, -0.15) is 5.10 Å². The zero-order valence-electron chi connectivity index (χ0n) is 18.5. The van der Waals surface area contributed by atoms with Crippen LogP contribution in [0.4, 0.5) is 11.5 Å². The number of hydrogen-bond donors (Lipinski definition) is 1. The lowest BCUT2D eigenvalue weighted by Gasteiger charge is -2.26. The van der Waals surface area contributed by atoms with Gasteiger partial charge in [-0.15, -0.1) is 0 Å². The van der Waals surface area contributed by atoms with E-state index in [1.807, 2.05) is 4.90 Å². The van der Waals surface area contributed by atoms with Crippen molar-refractivity contribution in [3.63, 3.8) is 0 Å². The number of nitrogens with zero attached hydrogens (tertiary/aromatic N) is 4. The number of carbonyl (C=O) groups excluding carboxylic acids is 1. The van der Waals surface area contributed by atoms with Crippen molar-refractivity contribution in [1.82, 2.24) is 14.7 Å². The number of amides is 1. The molecule has 1 N–H and O–H groups in total. The van der Waals surface area contributed by atoms with Crippen LogP contribution in [-0.2, 0) is 24.3 Å². The number of benzene rings is 1. The van der Waals surface area contributed by atoms with Gasteiger partial charge in [0.05, 0.1) is 12.3 Å². The first kappa shape index (κ1) is 20.0. The van der Waals surface area contributed by atoms with Crippen molar-refractivity contribution >= 4 is 23.1 Å². The standard InChI is InChI=1S/C25H31N5O/c1-3-18-6-11-23(26-14-18)20-7-9-21(10-8-20)27-25-22-16-29(17(2)31)13-12-24(22)30(28-25)15-19-4-5-19/h6-11,18-19H,3-5,12-16H2,1-2H3,(H,27,28). The van der Waals surface area contributed by atoms with E-state index in [1.165, 1.54) is 18.5 Å². The first-order valence-electron chi connectivity index (χ1n) is 11.5. The molecule has 0 spiro atoms. The maximum Gasteiger partial charge on any atom is 0.219 e. The number of hydrogen-bond acceptors (Lipinski definition) is 4. The molecule has 1 aromatic heterocycles. The quantitative estimate of drug-likeness (QED) is 0.761. The summed E-state index contributed by atoms with van der Waals surface area (Å²) < 4.78 is 2.19. The average Bonchev–Trinajstić information content (AvgIpc) is 3.56. The largest absolute Gasteiger partial charge is 0.338 e. The highest BCUT2D eigenvalue weighted by molar-refractivity contribution is 6.09. The zero-order valence-corrected chi connectivity index (χ0v) is 18.5. The SMILES string of the molecule is CCC1C=CC(c2ccc(Nc3nn(CC4CC4)c4c3CN(C(C)=O)CC4)cc2)=NC1. The molecule has 6 heteroatoms. The Morgan fingerprint density at radius 1 is 1.23 bits per heavy atom. The third-order valence-corrected chi connectivity index (χ3v) is 6.70. The molecule has 1 unspecified atom stereocenters. The predicted octanol–water partition coefficient (Wildman–Crippen LogP) is 4.33. The highest BCUT2D eigenvalue weighted by Gasteiger charge is 2.29. The fourth-order valence-electron chi connectivity index (χ4n) is 4.43. The van der Waals surface area contributed by atoms with Crippen LogP contribution in [0.2, 0.25) is 0 Å². The molecule has 0 bridgehead atoms. The molecular formula is C25H31N5O. The van der Waals surface area contributed by atoms with Gasteiger partial charge in [0, 0.05) is 49.9 Å². The molecule has 1 atom stereocenters. The van der Waals surface area contributed by atoms with Gasteiger partial charge in [-0.3, -0.25) is 14.5 Å². The van der Waals surface area contributed by atoms with Gasteiger partial charge in [0.25, 0.3) is 0 Å². The van der Waals surface area contributed by atoms with E-state index in [0.29, 0.717) is 12.5 Å². The molecule has 1 fully saturated rings. The summed E-state index contributed by atoms with van der Waals surface area (Å²) in [6, 6.07) is 8.42. The van der Waals surface area contributed by atoms with Crippen LogP contribution in [0.1, 0.15) is 49.9 Å². The molecule has 1 amide bonds. The van der Waals surface area contributed by atoms with Crippen molar-refractivity contribution in [2.24, 2.45) is 16.8 Å². The lowest BCUT2D eigenvalue weighted by atomic mass is 10.00. The summed E-state index contributed by atoms with van der Waals surface area (Å²) in [5.41, 5.74) is 5.65. The van der Waals surface area contributed by atoms with E-state index in [9.17, 15) is 4.79 Å². The molecule has 1 aliphatic carbocycles. The Labute approximate surface area is 184 Å². The number of aromatic nitrogens is 2. The van der Waals surface area contributed by atoms with Gasteiger partial charge >= 0.3 is 0 Å². The minimum atomic E-state index is 0.127.